The minimum absolute atomic E-state index is 0.293. The molecule has 230 valence electrons. The van der Waals surface area contributed by atoms with E-state index in [2.05, 4.69) is 42.3 Å². The van der Waals surface area contributed by atoms with Crippen LogP contribution >= 0.6 is 37.2 Å². The van der Waals surface area contributed by atoms with Crippen LogP contribution in [-0.2, 0) is 0 Å². The molecular weight excluding hydrogens is 792 g/mol. The number of nitrogens with zero attached hydrogens (tertiary/aromatic N) is 3. The molecular formula is C36H33I2N3O4. The Morgan fingerprint density at radius 3 is 0.978 bits per heavy atom. The number of rotatable bonds is 1. The molecule has 0 N–H and O–H groups in total. The highest BCUT2D eigenvalue weighted by atomic mass is 128. The third kappa shape index (κ3) is 3.70. The van der Waals surface area contributed by atoms with Crippen LogP contribution in [0.3, 0.4) is 0 Å². The maximum absolute atomic E-state index is 14.1. The summed E-state index contributed by atoms with van der Waals surface area (Å²) in [6.45, 7) is 19.4. The van der Waals surface area contributed by atoms with E-state index >= 15 is 0 Å². The van der Waals surface area contributed by atoms with Crippen LogP contribution in [0.2, 0.25) is 0 Å². The Morgan fingerprint density at radius 1 is 0.444 bits per heavy atom. The smallest absolute Gasteiger partial charge is 0.277 e. The molecule has 0 fully saturated rings. The van der Waals surface area contributed by atoms with Gasteiger partial charge in [0.2, 0.25) is 0 Å². The molecule has 0 bridgehead atoms. The molecule has 0 radical (unpaired) electrons. The van der Waals surface area contributed by atoms with Crippen LogP contribution in [-0.4, -0.2) is 46.3 Å². The van der Waals surface area contributed by atoms with E-state index in [0.717, 1.165) is 81.8 Å². The van der Waals surface area contributed by atoms with Gasteiger partial charge in [-0.15, -0.1) is 0 Å². The summed E-state index contributed by atoms with van der Waals surface area (Å²) in [5.74, 6) is -1.43. The summed E-state index contributed by atoms with van der Waals surface area (Å²) in [5, 5.41) is 12.4. The molecule has 0 saturated carbocycles. The Kier molecular flexibility index (Phi) is 7.35. The first kappa shape index (κ1) is 31.8. The molecule has 4 amide bonds. The van der Waals surface area contributed by atoms with Crippen LogP contribution < -0.4 is 0 Å². The Hall–Kier alpha value is -3.19. The van der Waals surface area contributed by atoms with Crippen molar-refractivity contribution in [2.24, 2.45) is 5.10 Å². The number of carbonyl (C=O) groups excluding carboxylic acids is 4. The third-order valence-electron chi connectivity index (χ3n) is 10.4. The highest BCUT2D eigenvalue weighted by Crippen LogP contribution is 2.53. The number of hydrazone groups is 1. The van der Waals surface area contributed by atoms with Crippen LogP contribution in [0.15, 0.2) is 5.10 Å². The van der Waals surface area contributed by atoms with Crippen molar-refractivity contribution < 1.29 is 19.2 Å². The number of hydrogen-bond acceptors (Lipinski definition) is 5. The van der Waals surface area contributed by atoms with Gasteiger partial charge in [-0.05, 0) is 146 Å². The van der Waals surface area contributed by atoms with Gasteiger partial charge in [0.15, 0.2) is 0 Å². The van der Waals surface area contributed by atoms with Gasteiger partial charge in [-0.1, -0.05) is 0 Å². The number of carbonyl (C=O) groups is 4. The number of aryl methyl sites for hydroxylation is 4. The van der Waals surface area contributed by atoms with Gasteiger partial charge < -0.3 is 0 Å². The van der Waals surface area contributed by atoms with Gasteiger partial charge >= 0.3 is 0 Å². The van der Waals surface area contributed by atoms with Crippen LogP contribution in [0.5, 0.6) is 0 Å². The third-order valence-corrected chi connectivity index (χ3v) is 10.4. The van der Waals surface area contributed by atoms with E-state index < -0.39 is 11.8 Å². The molecule has 0 aliphatic carbocycles. The first-order chi connectivity index (χ1) is 21.1. The highest BCUT2D eigenvalue weighted by molar-refractivity contribution is 15.0. The van der Waals surface area contributed by atoms with Gasteiger partial charge in [-0.25, -0.2) is 0 Å². The van der Waals surface area contributed by atoms with Crippen molar-refractivity contribution in [3.8, 4) is 0 Å². The summed E-state index contributed by atoms with van der Waals surface area (Å²) in [7, 11) is 1.55. The second-order valence-electron chi connectivity index (χ2n) is 12.6. The van der Waals surface area contributed by atoms with Crippen LogP contribution in [0, 0.1) is 55.4 Å². The highest BCUT2D eigenvalue weighted by Gasteiger charge is 2.41. The zero-order chi connectivity index (χ0) is 33.3. The Labute approximate surface area is 285 Å². The monoisotopic (exact) mass is 825 g/mol. The van der Waals surface area contributed by atoms with Crippen molar-refractivity contribution in [2.45, 2.75) is 69.2 Å². The van der Waals surface area contributed by atoms with Crippen molar-refractivity contribution in [3.63, 3.8) is 0 Å². The van der Waals surface area contributed by atoms with Gasteiger partial charge in [0.05, 0.1) is 22.3 Å². The molecule has 2 heterocycles. The minimum Gasteiger partial charge on any atom is -0.277 e. The molecule has 7 nitrogen and oxygen atoms in total. The summed E-state index contributed by atoms with van der Waals surface area (Å²) in [6.07, 6.45) is 0. The summed E-state index contributed by atoms with van der Waals surface area (Å²) in [5.41, 5.74) is 9.82. The summed E-state index contributed by atoms with van der Waals surface area (Å²) in [6, 6.07) is 0. The minimum atomic E-state index is -0.420. The molecule has 0 spiro atoms. The summed E-state index contributed by atoms with van der Waals surface area (Å²) < 4.78 is 0. The fourth-order valence-electron chi connectivity index (χ4n) is 7.84. The topological polar surface area (TPSA) is 87.1 Å². The molecule has 0 saturated heterocycles. The van der Waals surface area contributed by atoms with E-state index in [-0.39, 0.29) is 11.8 Å². The predicted octanol–water partition coefficient (Wildman–Crippen LogP) is 9.19. The Morgan fingerprint density at radius 2 is 0.711 bits per heavy atom. The lowest BCUT2D eigenvalue weighted by molar-refractivity contribution is 0.0608. The lowest BCUT2D eigenvalue weighted by Gasteiger charge is -2.33. The molecule has 2 aliphatic rings. The largest absolute Gasteiger partial charge is 0.282 e. The summed E-state index contributed by atoms with van der Waals surface area (Å²) >= 11 is 4.24. The average Bonchev–Trinajstić information content (AvgIpc) is 3.00. The van der Waals surface area contributed by atoms with Gasteiger partial charge in [0.1, 0.15) is 0 Å². The van der Waals surface area contributed by atoms with Crippen molar-refractivity contribution in [2.75, 3.05) is 7.05 Å². The zero-order valence-corrected chi connectivity index (χ0v) is 31.5. The molecule has 5 aromatic carbocycles. The number of amides is 4. The molecule has 0 aromatic heterocycles. The Bertz CT molecular complexity index is 2190. The zero-order valence-electron chi connectivity index (χ0n) is 27.2. The molecule has 0 unspecified atom stereocenters. The van der Waals surface area contributed by atoms with E-state index in [1.54, 1.807) is 20.9 Å². The van der Waals surface area contributed by atoms with E-state index in [1.807, 2.05) is 55.4 Å². The number of benzene rings is 5. The Balaban J connectivity index is 0.00000175. The molecule has 9 heteroatoms. The van der Waals surface area contributed by atoms with Crippen LogP contribution in [0.4, 0.5) is 0 Å². The maximum Gasteiger partial charge on any atom is 0.282 e. The van der Waals surface area contributed by atoms with Gasteiger partial charge in [-0.2, -0.15) is 10.1 Å². The number of hydrogen-bond donors (Lipinski definition) is 0. The lowest BCUT2D eigenvalue weighted by Crippen LogP contribution is -2.38. The molecule has 2 aliphatic heterocycles. The predicted molar refractivity (Wildman–Crippen MR) is 199 cm³/mol. The van der Waals surface area contributed by atoms with E-state index in [0.29, 0.717) is 38.7 Å². The molecule has 7 rings (SSSR count). The first-order valence-electron chi connectivity index (χ1n) is 14.7. The lowest BCUT2D eigenvalue weighted by atomic mass is 9.73. The van der Waals surface area contributed by atoms with Crippen molar-refractivity contribution >= 4 is 110 Å². The fraction of sp³-hybridized carbons (Fsp3) is 0.306. The van der Waals surface area contributed by atoms with Crippen molar-refractivity contribution in [1.82, 2.24) is 9.91 Å². The normalized spacial score (nSPS) is 14.4. The number of halogens is 2. The second-order valence-corrected chi connectivity index (χ2v) is 12.6. The SMILES string of the molecule is CC(C)=NN1C(=O)c2c(C)c(C)c3c4c(C)c(C)c5c6c(c(C)c(C)c(c7c(C)c(C)c(c2c37)C1=O)c64)C(=O)N(C)C5=O.II. The van der Waals surface area contributed by atoms with E-state index in [9.17, 15) is 19.2 Å². The van der Waals surface area contributed by atoms with Crippen molar-refractivity contribution in [1.29, 1.82) is 0 Å². The quantitative estimate of drug-likeness (QED) is 0.0555. The molecule has 0 atom stereocenters. The first-order valence-corrected chi connectivity index (χ1v) is 21.0. The van der Waals surface area contributed by atoms with Crippen LogP contribution in [0.1, 0.15) is 99.8 Å². The van der Waals surface area contributed by atoms with Crippen molar-refractivity contribution in [3.05, 3.63) is 66.8 Å². The summed E-state index contributed by atoms with van der Waals surface area (Å²) in [4.78, 5) is 56.8. The molecule has 5 aromatic rings. The second kappa shape index (κ2) is 10.4. The van der Waals surface area contributed by atoms with E-state index in [1.165, 1.54) is 4.90 Å². The number of fused-ring (bicyclic) bond motifs is 2. The average molecular weight is 825 g/mol. The fourth-order valence-corrected chi connectivity index (χ4v) is 7.84. The van der Waals surface area contributed by atoms with Gasteiger partial charge in [0, 0.05) is 60.8 Å². The van der Waals surface area contributed by atoms with Crippen LogP contribution in [0.25, 0.3) is 43.1 Å². The maximum atomic E-state index is 14.1. The standard InChI is InChI=1S/C36H33N3O4.I2/c1-12(2)37-39-35(42)27-19(9)15(5)23-21-13(3)17(7)25-31-26(34(41)38(11)33(25)40)18(8)14(4)22(29(21)31)24-16(6)20(10)28(36(39)43)32(27)30(23)24;1-2/h1-11H3;. The van der Waals surface area contributed by atoms with Gasteiger partial charge in [0.25, 0.3) is 23.6 Å². The van der Waals surface area contributed by atoms with Gasteiger partial charge in [-0.3, -0.25) is 24.1 Å². The van der Waals surface area contributed by atoms with E-state index in [4.69, 9.17) is 0 Å². The number of imide groups is 2. The molecule has 45 heavy (non-hydrogen) atoms.